The van der Waals surface area contributed by atoms with Gasteiger partial charge in [0.25, 0.3) is 0 Å². The molecule has 3 nitrogen and oxygen atoms in total. The van der Waals surface area contributed by atoms with Gasteiger partial charge in [-0.25, -0.2) is 9.97 Å². The van der Waals surface area contributed by atoms with Crippen LogP contribution in [0.1, 0.15) is 57.8 Å². The predicted octanol–water partition coefficient (Wildman–Crippen LogP) is 4.41. The molecule has 2 rings (SSSR count). The second-order valence-electron chi connectivity index (χ2n) is 6.37. The van der Waals surface area contributed by atoms with Gasteiger partial charge >= 0.3 is 0 Å². The van der Waals surface area contributed by atoms with E-state index in [0.29, 0.717) is 22.4 Å². The maximum Gasteiger partial charge on any atom is 0.137 e. The third kappa shape index (κ3) is 3.02. The lowest BCUT2D eigenvalue weighted by Gasteiger charge is -2.21. The zero-order chi connectivity index (χ0) is 14.2. The lowest BCUT2D eigenvalue weighted by atomic mass is 9.92. The Balaban J connectivity index is 2.16. The van der Waals surface area contributed by atoms with Gasteiger partial charge in [0.2, 0.25) is 0 Å². The van der Waals surface area contributed by atoms with Crippen molar-refractivity contribution in [3.63, 3.8) is 0 Å². The van der Waals surface area contributed by atoms with Gasteiger partial charge in [0.05, 0.1) is 0 Å². The van der Waals surface area contributed by atoms with E-state index in [4.69, 9.17) is 11.6 Å². The van der Waals surface area contributed by atoms with Crippen molar-refractivity contribution < 1.29 is 0 Å². The van der Waals surface area contributed by atoms with Gasteiger partial charge in [0.15, 0.2) is 0 Å². The molecule has 1 saturated carbocycles. The second kappa shape index (κ2) is 5.28. The van der Waals surface area contributed by atoms with E-state index in [9.17, 15) is 0 Å². The number of nitrogens with zero attached hydrogens (tertiary/aromatic N) is 2. The number of hydrogen-bond donors (Lipinski definition) is 1. The molecule has 0 aliphatic heterocycles. The van der Waals surface area contributed by atoms with E-state index < -0.39 is 0 Å². The van der Waals surface area contributed by atoms with Crippen molar-refractivity contribution in [3.05, 3.63) is 16.5 Å². The number of anilines is 1. The standard InChI is InChI=1S/C15H24ClN3/c1-9(2)13-18-12(16)11(5)14(19-13)17-8-15(6-7-15)10(3)4/h9-10H,6-8H2,1-5H3,(H,17,18,19). The minimum absolute atomic E-state index is 0.290. The fourth-order valence-corrected chi connectivity index (χ4v) is 2.49. The summed E-state index contributed by atoms with van der Waals surface area (Å²) in [5, 5.41) is 4.06. The number of hydrogen-bond acceptors (Lipinski definition) is 3. The zero-order valence-corrected chi connectivity index (χ0v) is 13.3. The van der Waals surface area contributed by atoms with Crippen LogP contribution < -0.4 is 5.32 Å². The van der Waals surface area contributed by atoms with Crippen molar-refractivity contribution in [2.45, 2.75) is 53.4 Å². The van der Waals surface area contributed by atoms with Crippen LogP contribution in [0.5, 0.6) is 0 Å². The van der Waals surface area contributed by atoms with E-state index in [1.165, 1.54) is 12.8 Å². The minimum atomic E-state index is 0.290. The monoisotopic (exact) mass is 281 g/mol. The first-order chi connectivity index (χ1) is 8.85. The molecule has 1 heterocycles. The van der Waals surface area contributed by atoms with Crippen molar-refractivity contribution in [1.29, 1.82) is 0 Å². The van der Waals surface area contributed by atoms with Crippen molar-refractivity contribution in [3.8, 4) is 0 Å². The van der Waals surface area contributed by atoms with E-state index in [1.54, 1.807) is 0 Å². The fourth-order valence-electron chi connectivity index (χ4n) is 2.31. The van der Waals surface area contributed by atoms with Gasteiger partial charge in [-0.15, -0.1) is 0 Å². The van der Waals surface area contributed by atoms with Crippen LogP contribution in [-0.2, 0) is 0 Å². The van der Waals surface area contributed by atoms with Crippen molar-refractivity contribution in [2.75, 3.05) is 11.9 Å². The van der Waals surface area contributed by atoms with E-state index in [1.807, 2.05) is 6.92 Å². The Bertz CT molecular complexity index is 465. The molecule has 1 N–H and O–H groups in total. The first kappa shape index (κ1) is 14.6. The Kier molecular flexibility index (Phi) is 4.05. The molecule has 19 heavy (non-hydrogen) atoms. The summed E-state index contributed by atoms with van der Waals surface area (Å²) in [5.74, 6) is 2.71. The van der Waals surface area contributed by atoms with Crippen LogP contribution in [0.3, 0.4) is 0 Å². The van der Waals surface area contributed by atoms with E-state index in [0.717, 1.165) is 23.8 Å². The molecule has 0 saturated heterocycles. The molecule has 0 amide bonds. The van der Waals surface area contributed by atoms with Gasteiger partial charge in [-0.3, -0.25) is 0 Å². The van der Waals surface area contributed by atoms with Crippen molar-refractivity contribution in [2.24, 2.45) is 11.3 Å². The molecular weight excluding hydrogens is 258 g/mol. The Labute approximate surface area is 121 Å². The summed E-state index contributed by atoms with van der Waals surface area (Å²) in [5.41, 5.74) is 1.41. The van der Waals surface area contributed by atoms with Crippen LogP contribution in [0.15, 0.2) is 0 Å². The normalized spacial score (nSPS) is 17.1. The van der Waals surface area contributed by atoms with E-state index >= 15 is 0 Å². The summed E-state index contributed by atoms with van der Waals surface area (Å²) >= 11 is 6.20. The predicted molar refractivity (Wildman–Crippen MR) is 80.9 cm³/mol. The lowest BCUT2D eigenvalue weighted by Crippen LogP contribution is -2.22. The SMILES string of the molecule is Cc1c(Cl)nc(C(C)C)nc1NCC1(C(C)C)CC1. The highest BCUT2D eigenvalue weighted by molar-refractivity contribution is 6.30. The molecule has 0 spiro atoms. The molecule has 0 unspecified atom stereocenters. The average Bonchev–Trinajstić information content (AvgIpc) is 3.11. The Hall–Kier alpha value is -0.830. The third-order valence-electron chi connectivity index (χ3n) is 4.34. The molecule has 1 fully saturated rings. The topological polar surface area (TPSA) is 37.8 Å². The smallest absolute Gasteiger partial charge is 0.137 e. The highest BCUT2D eigenvalue weighted by Gasteiger charge is 2.45. The molecule has 1 aliphatic rings. The molecular formula is C15H24ClN3. The Morgan fingerprint density at radius 2 is 1.84 bits per heavy atom. The first-order valence-electron chi connectivity index (χ1n) is 7.13. The number of nitrogens with one attached hydrogen (secondary N) is 1. The third-order valence-corrected chi connectivity index (χ3v) is 4.71. The quantitative estimate of drug-likeness (QED) is 0.813. The molecule has 0 aromatic carbocycles. The highest BCUT2D eigenvalue weighted by Crippen LogP contribution is 2.51. The van der Waals surface area contributed by atoms with Crippen molar-refractivity contribution >= 4 is 17.4 Å². The molecule has 106 valence electrons. The number of halogens is 1. The van der Waals surface area contributed by atoms with Gasteiger partial charge in [0.1, 0.15) is 16.8 Å². The van der Waals surface area contributed by atoms with Crippen LogP contribution in [-0.4, -0.2) is 16.5 Å². The van der Waals surface area contributed by atoms with Gasteiger partial charge in [0, 0.05) is 18.0 Å². The van der Waals surface area contributed by atoms with E-state index in [-0.39, 0.29) is 0 Å². The summed E-state index contributed by atoms with van der Waals surface area (Å²) in [6.07, 6.45) is 2.62. The van der Waals surface area contributed by atoms with Crippen LogP contribution in [0, 0.1) is 18.3 Å². The van der Waals surface area contributed by atoms with E-state index in [2.05, 4.69) is 43.0 Å². The summed E-state index contributed by atoms with van der Waals surface area (Å²) in [6, 6.07) is 0. The maximum atomic E-state index is 6.20. The number of aromatic nitrogens is 2. The largest absolute Gasteiger partial charge is 0.369 e. The maximum absolute atomic E-state index is 6.20. The van der Waals surface area contributed by atoms with Crippen molar-refractivity contribution in [1.82, 2.24) is 9.97 Å². The van der Waals surface area contributed by atoms with Crippen LogP contribution in [0.2, 0.25) is 5.15 Å². The van der Waals surface area contributed by atoms with Gasteiger partial charge in [-0.2, -0.15) is 0 Å². The Morgan fingerprint density at radius 1 is 1.21 bits per heavy atom. The average molecular weight is 282 g/mol. The lowest BCUT2D eigenvalue weighted by molar-refractivity contribution is 0.379. The first-order valence-corrected chi connectivity index (χ1v) is 7.51. The van der Waals surface area contributed by atoms with Crippen LogP contribution in [0.25, 0.3) is 0 Å². The summed E-state index contributed by atoms with van der Waals surface area (Å²) in [4.78, 5) is 8.96. The highest BCUT2D eigenvalue weighted by atomic mass is 35.5. The molecule has 1 aromatic heterocycles. The van der Waals surface area contributed by atoms with Crippen LogP contribution in [0.4, 0.5) is 5.82 Å². The second-order valence-corrected chi connectivity index (χ2v) is 6.73. The molecule has 0 bridgehead atoms. The molecule has 0 atom stereocenters. The molecule has 1 aliphatic carbocycles. The van der Waals surface area contributed by atoms with Gasteiger partial charge < -0.3 is 5.32 Å². The van der Waals surface area contributed by atoms with Gasteiger partial charge in [-0.05, 0) is 31.1 Å². The zero-order valence-electron chi connectivity index (χ0n) is 12.5. The molecule has 1 aromatic rings. The Morgan fingerprint density at radius 3 is 2.32 bits per heavy atom. The minimum Gasteiger partial charge on any atom is -0.369 e. The summed E-state index contributed by atoms with van der Waals surface area (Å²) in [7, 11) is 0. The van der Waals surface area contributed by atoms with Crippen LogP contribution >= 0.6 is 11.6 Å². The molecule has 4 heteroatoms. The fraction of sp³-hybridized carbons (Fsp3) is 0.733. The summed E-state index contributed by atoms with van der Waals surface area (Å²) in [6.45, 7) is 11.7. The van der Waals surface area contributed by atoms with Gasteiger partial charge in [-0.1, -0.05) is 39.3 Å². The number of rotatable bonds is 5. The summed E-state index contributed by atoms with van der Waals surface area (Å²) < 4.78 is 0. The molecule has 0 radical (unpaired) electrons.